The maximum atomic E-state index is 12.7. The fourth-order valence-corrected chi connectivity index (χ4v) is 4.76. The SMILES string of the molecule is CC[C@H](C)NC(=O)[C@H]1CCCN(c2nc3c(-c4ccc(C)cc4)csc3c(=O)[nH]2)C1. The summed E-state index contributed by atoms with van der Waals surface area (Å²) in [5, 5.41) is 5.09. The number of carbonyl (C=O) groups is 1. The number of hydrogen-bond donors (Lipinski definition) is 2. The number of aromatic amines is 1. The second kappa shape index (κ2) is 8.60. The Labute approximate surface area is 180 Å². The number of nitrogens with one attached hydrogen (secondary N) is 2. The average Bonchev–Trinajstić information content (AvgIpc) is 3.19. The molecule has 1 fully saturated rings. The van der Waals surface area contributed by atoms with Crippen molar-refractivity contribution in [2.75, 3.05) is 18.0 Å². The minimum atomic E-state index is -0.121. The van der Waals surface area contributed by atoms with Crippen LogP contribution in [0.25, 0.3) is 21.3 Å². The predicted octanol–water partition coefficient (Wildman–Crippen LogP) is 4.09. The zero-order chi connectivity index (χ0) is 21.3. The van der Waals surface area contributed by atoms with Crippen molar-refractivity contribution in [1.82, 2.24) is 15.3 Å². The Bertz CT molecular complexity index is 1100. The van der Waals surface area contributed by atoms with Crippen LogP contribution in [0.4, 0.5) is 5.95 Å². The summed E-state index contributed by atoms with van der Waals surface area (Å²) in [4.78, 5) is 35.2. The van der Waals surface area contributed by atoms with Crippen LogP contribution in [0.2, 0.25) is 0 Å². The number of rotatable bonds is 5. The van der Waals surface area contributed by atoms with Crippen molar-refractivity contribution in [3.05, 3.63) is 45.6 Å². The molecule has 158 valence electrons. The predicted molar refractivity (Wildman–Crippen MR) is 123 cm³/mol. The number of nitrogens with zero attached hydrogens (tertiary/aromatic N) is 2. The van der Waals surface area contributed by atoms with Crippen molar-refractivity contribution in [3.63, 3.8) is 0 Å². The van der Waals surface area contributed by atoms with Crippen LogP contribution in [-0.2, 0) is 4.79 Å². The molecule has 2 atom stereocenters. The number of aryl methyl sites for hydroxylation is 1. The summed E-state index contributed by atoms with van der Waals surface area (Å²) in [7, 11) is 0. The van der Waals surface area contributed by atoms with Crippen molar-refractivity contribution in [2.24, 2.45) is 5.92 Å². The molecule has 1 aromatic carbocycles. The highest BCUT2D eigenvalue weighted by Gasteiger charge is 2.28. The van der Waals surface area contributed by atoms with E-state index in [0.717, 1.165) is 42.5 Å². The third-order valence-corrected chi connectivity index (χ3v) is 6.84. The van der Waals surface area contributed by atoms with Crippen LogP contribution in [0.3, 0.4) is 0 Å². The second-order valence-electron chi connectivity index (χ2n) is 8.19. The van der Waals surface area contributed by atoms with Crippen molar-refractivity contribution in [2.45, 2.75) is 46.1 Å². The van der Waals surface area contributed by atoms with Gasteiger partial charge in [0, 0.05) is 30.1 Å². The van der Waals surface area contributed by atoms with Crippen LogP contribution in [0, 0.1) is 12.8 Å². The van der Waals surface area contributed by atoms with E-state index in [1.807, 2.05) is 17.2 Å². The van der Waals surface area contributed by atoms with Gasteiger partial charge in [0.05, 0.1) is 11.4 Å². The van der Waals surface area contributed by atoms with Crippen LogP contribution in [0.1, 0.15) is 38.7 Å². The zero-order valence-corrected chi connectivity index (χ0v) is 18.5. The number of anilines is 1. The lowest BCUT2D eigenvalue weighted by molar-refractivity contribution is -0.125. The third kappa shape index (κ3) is 4.12. The van der Waals surface area contributed by atoms with E-state index in [9.17, 15) is 9.59 Å². The van der Waals surface area contributed by atoms with E-state index in [2.05, 4.69) is 48.4 Å². The summed E-state index contributed by atoms with van der Waals surface area (Å²) >= 11 is 1.42. The number of fused-ring (bicyclic) bond motifs is 1. The number of hydrogen-bond acceptors (Lipinski definition) is 5. The van der Waals surface area contributed by atoms with Gasteiger partial charge in [0.2, 0.25) is 11.9 Å². The smallest absolute Gasteiger partial charge is 0.270 e. The van der Waals surface area contributed by atoms with Gasteiger partial charge in [0.15, 0.2) is 0 Å². The van der Waals surface area contributed by atoms with Crippen molar-refractivity contribution in [1.29, 1.82) is 0 Å². The Morgan fingerprint density at radius 1 is 1.37 bits per heavy atom. The molecule has 0 spiro atoms. The summed E-state index contributed by atoms with van der Waals surface area (Å²) < 4.78 is 0.636. The Kier molecular flexibility index (Phi) is 5.90. The number of carbonyl (C=O) groups excluding carboxylic acids is 1. The molecule has 0 saturated carbocycles. The average molecular weight is 425 g/mol. The van der Waals surface area contributed by atoms with E-state index in [4.69, 9.17) is 4.98 Å². The van der Waals surface area contributed by atoms with E-state index < -0.39 is 0 Å². The van der Waals surface area contributed by atoms with E-state index in [1.54, 1.807) is 0 Å². The molecule has 0 radical (unpaired) electrons. The number of benzene rings is 1. The lowest BCUT2D eigenvalue weighted by Gasteiger charge is -2.32. The third-order valence-electron chi connectivity index (χ3n) is 5.87. The Balaban J connectivity index is 1.64. The molecule has 0 unspecified atom stereocenters. The van der Waals surface area contributed by atoms with Crippen LogP contribution >= 0.6 is 11.3 Å². The first-order chi connectivity index (χ1) is 14.5. The van der Waals surface area contributed by atoms with Gasteiger partial charge in [-0.15, -0.1) is 11.3 Å². The zero-order valence-electron chi connectivity index (χ0n) is 17.7. The van der Waals surface area contributed by atoms with E-state index >= 15 is 0 Å². The molecule has 7 heteroatoms. The van der Waals surface area contributed by atoms with Gasteiger partial charge in [0.1, 0.15) is 4.70 Å². The first kappa shape index (κ1) is 20.6. The maximum absolute atomic E-state index is 12.7. The molecule has 2 aromatic heterocycles. The monoisotopic (exact) mass is 424 g/mol. The van der Waals surface area contributed by atoms with Crippen molar-refractivity contribution in [3.8, 4) is 11.1 Å². The first-order valence-corrected chi connectivity index (χ1v) is 11.5. The number of amides is 1. The van der Waals surface area contributed by atoms with Gasteiger partial charge < -0.3 is 10.2 Å². The maximum Gasteiger partial charge on any atom is 0.270 e. The van der Waals surface area contributed by atoms with Crippen LogP contribution < -0.4 is 15.8 Å². The summed E-state index contributed by atoms with van der Waals surface area (Å²) in [6, 6.07) is 8.44. The van der Waals surface area contributed by atoms with Crippen LogP contribution in [0.5, 0.6) is 0 Å². The van der Waals surface area contributed by atoms with Gasteiger partial charge in [-0.1, -0.05) is 36.8 Å². The fourth-order valence-electron chi connectivity index (χ4n) is 3.85. The summed E-state index contributed by atoms with van der Waals surface area (Å²) in [5.74, 6) is 0.557. The highest BCUT2D eigenvalue weighted by Crippen LogP contribution is 2.32. The molecular formula is C23H28N4O2S. The number of piperidine rings is 1. The molecule has 30 heavy (non-hydrogen) atoms. The molecule has 3 aromatic rings. The molecule has 1 aliphatic rings. The molecular weight excluding hydrogens is 396 g/mol. The highest BCUT2D eigenvalue weighted by atomic mass is 32.1. The molecule has 1 amide bonds. The van der Waals surface area contributed by atoms with Gasteiger partial charge in [-0.3, -0.25) is 14.6 Å². The molecule has 1 saturated heterocycles. The fraction of sp³-hybridized carbons (Fsp3) is 0.435. The standard InChI is InChI=1S/C23H28N4O2S/c1-4-15(3)24-21(28)17-6-5-11-27(12-17)23-25-19-18(13-30-20(19)22(29)26-23)16-9-7-14(2)8-10-16/h7-10,13,15,17H,4-6,11-12H2,1-3H3,(H,24,28)(H,25,26,29)/t15-,17-/m0/s1. The van der Waals surface area contributed by atoms with E-state index in [0.29, 0.717) is 17.2 Å². The van der Waals surface area contributed by atoms with Gasteiger partial charge in [-0.2, -0.15) is 0 Å². The van der Waals surface area contributed by atoms with E-state index in [1.165, 1.54) is 16.9 Å². The van der Waals surface area contributed by atoms with Gasteiger partial charge >= 0.3 is 0 Å². The number of thiophene rings is 1. The van der Waals surface area contributed by atoms with Gasteiger partial charge in [0.25, 0.3) is 5.56 Å². The quantitative estimate of drug-likeness (QED) is 0.647. The molecule has 0 bridgehead atoms. The topological polar surface area (TPSA) is 78.1 Å². The minimum absolute atomic E-state index is 0.0900. The minimum Gasteiger partial charge on any atom is -0.353 e. The lowest BCUT2D eigenvalue weighted by Crippen LogP contribution is -2.46. The normalized spacial score (nSPS) is 17.8. The molecule has 2 N–H and O–H groups in total. The van der Waals surface area contributed by atoms with Gasteiger partial charge in [-0.25, -0.2) is 4.98 Å². The van der Waals surface area contributed by atoms with Crippen LogP contribution in [-0.4, -0.2) is 35.0 Å². The Morgan fingerprint density at radius 2 is 2.13 bits per heavy atom. The number of H-pyrrole nitrogens is 1. The Hall–Kier alpha value is -2.67. The summed E-state index contributed by atoms with van der Waals surface area (Å²) in [6.45, 7) is 7.50. The molecule has 0 aliphatic carbocycles. The number of aromatic nitrogens is 2. The van der Waals surface area contributed by atoms with E-state index in [-0.39, 0.29) is 23.4 Å². The van der Waals surface area contributed by atoms with Gasteiger partial charge in [-0.05, 0) is 38.7 Å². The lowest BCUT2D eigenvalue weighted by atomic mass is 9.97. The summed E-state index contributed by atoms with van der Waals surface area (Å²) in [6.07, 6.45) is 2.67. The largest absolute Gasteiger partial charge is 0.353 e. The summed E-state index contributed by atoms with van der Waals surface area (Å²) in [5.41, 5.74) is 3.84. The highest BCUT2D eigenvalue weighted by molar-refractivity contribution is 7.17. The Morgan fingerprint density at radius 3 is 2.87 bits per heavy atom. The second-order valence-corrected chi connectivity index (χ2v) is 9.07. The molecule has 4 rings (SSSR count). The van der Waals surface area contributed by atoms with Crippen molar-refractivity contribution < 1.29 is 4.79 Å². The molecule has 3 heterocycles. The molecule has 6 nitrogen and oxygen atoms in total. The molecule has 1 aliphatic heterocycles. The first-order valence-electron chi connectivity index (χ1n) is 10.6. The van der Waals surface area contributed by atoms with Crippen molar-refractivity contribution >= 4 is 33.4 Å². The van der Waals surface area contributed by atoms with Crippen LogP contribution in [0.15, 0.2) is 34.4 Å².